The van der Waals surface area contributed by atoms with Crippen molar-refractivity contribution in [1.29, 1.82) is 0 Å². The molecule has 2 aromatic rings. The zero-order valence-corrected chi connectivity index (χ0v) is 19.5. The maximum Gasteiger partial charge on any atom is 0.320 e. The number of benzene rings is 1. The SMILES string of the molecule is COc1cncnc1NC(=O)NCCCCNc1cccc2c1C(=O)N(C1CCC(=O)NC1=O)C2=O. The van der Waals surface area contributed by atoms with Crippen molar-refractivity contribution in [2.45, 2.75) is 31.7 Å². The lowest BCUT2D eigenvalue weighted by Gasteiger charge is -2.27. The van der Waals surface area contributed by atoms with Crippen molar-refractivity contribution in [3.05, 3.63) is 41.9 Å². The standard InChI is InChI=1S/C23H25N7O6/c1-36-16-11-24-12-27-19(16)29-23(35)26-10-3-2-9-25-14-6-4-5-13-18(14)22(34)30(21(13)33)15-7-8-17(31)28-20(15)32/h4-6,11-12,15,25H,2-3,7-10H2,1H3,(H,28,31,32)(H2,24,26,27,29,35). The molecule has 2 aliphatic rings. The van der Waals surface area contributed by atoms with Gasteiger partial charge in [0.25, 0.3) is 11.8 Å². The molecule has 0 aliphatic carbocycles. The van der Waals surface area contributed by atoms with Crippen LogP contribution in [0.1, 0.15) is 46.4 Å². The molecular formula is C23H25N7O6. The average molecular weight is 495 g/mol. The summed E-state index contributed by atoms with van der Waals surface area (Å²) in [5.74, 6) is -1.58. The molecule has 13 heteroatoms. The van der Waals surface area contributed by atoms with E-state index in [1.54, 1.807) is 18.2 Å². The van der Waals surface area contributed by atoms with E-state index in [1.807, 2.05) is 0 Å². The summed E-state index contributed by atoms with van der Waals surface area (Å²) in [6.45, 7) is 0.883. The number of anilines is 2. The zero-order valence-electron chi connectivity index (χ0n) is 19.5. The fraction of sp³-hybridized carbons (Fsp3) is 0.348. The number of hydrogen-bond acceptors (Lipinski definition) is 9. The van der Waals surface area contributed by atoms with E-state index in [2.05, 4.69) is 31.2 Å². The maximum absolute atomic E-state index is 13.1. The summed E-state index contributed by atoms with van der Waals surface area (Å²) in [4.78, 5) is 70.4. The van der Waals surface area contributed by atoms with Crippen molar-refractivity contribution in [1.82, 2.24) is 25.5 Å². The van der Waals surface area contributed by atoms with Crippen LogP contribution in [0.2, 0.25) is 0 Å². The highest BCUT2D eigenvalue weighted by molar-refractivity contribution is 6.25. The first-order chi connectivity index (χ1) is 17.4. The van der Waals surface area contributed by atoms with Gasteiger partial charge in [-0.2, -0.15) is 0 Å². The number of methoxy groups -OCH3 is 1. The van der Waals surface area contributed by atoms with Crippen LogP contribution in [0.4, 0.5) is 16.3 Å². The second-order valence-electron chi connectivity index (χ2n) is 8.13. The van der Waals surface area contributed by atoms with Crippen LogP contribution in [0.15, 0.2) is 30.7 Å². The van der Waals surface area contributed by atoms with E-state index < -0.39 is 35.7 Å². The predicted molar refractivity (Wildman–Crippen MR) is 126 cm³/mol. The second-order valence-corrected chi connectivity index (χ2v) is 8.13. The lowest BCUT2D eigenvalue weighted by atomic mass is 10.0. The zero-order chi connectivity index (χ0) is 25.7. The largest absolute Gasteiger partial charge is 0.491 e. The van der Waals surface area contributed by atoms with Crippen molar-refractivity contribution in [2.24, 2.45) is 0 Å². The maximum atomic E-state index is 13.1. The van der Waals surface area contributed by atoms with Crippen molar-refractivity contribution >= 4 is 41.2 Å². The van der Waals surface area contributed by atoms with E-state index in [0.717, 1.165) is 4.90 Å². The number of rotatable bonds is 9. The summed E-state index contributed by atoms with van der Waals surface area (Å²) < 4.78 is 5.09. The van der Waals surface area contributed by atoms with Gasteiger partial charge in [-0.1, -0.05) is 6.07 Å². The Morgan fingerprint density at radius 3 is 2.75 bits per heavy atom. The molecule has 1 atom stereocenters. The van der Waals surface area contributed by atoms with Crippen molar-refractivity contribution < 1.29 is 28.7 Å². The van der Waals surface area contributed by atoms with Crippen molar-refractivity contribution in [3.8, 4) is 5.75 Å². The van der Waals surface area contributed by atoms with Crippen LogP contribution in [-0.4, -0.2) is 70.8 Å². The molecule has 0 spiro atoms. The normalized spacial score (nSPS) is 16.9. The molecule has 0 saturated carbocycles. The third-order valence-corrected chi connectivity index (χ3v) is 5.80. The Hall–Kier alpha value is -4.55. The third kappa shape index (κ3) is 5.09. The van der Waals surface area contributed by atoms with Crippen LogP contribution < -0.4 is 26.0 Å². The topological polar surface area (TPSA) is 172 Å². The molecule has 1 fully saturated rings. The molecule has 188 valence electrons. The second kappa shape index (κ2) is 10.8. The fourth-order valence-electron chi connectivity index (χ4n) is 4.05. The molecular weight excluding hydrogens is 470 g/mol. The number of urea groups is 1. The van der Waals surface area contributed by atoms with Crippen molar-refractivity contribution in [3.63, 3.8) is 0 Å². The van der Waals surface area contributed by atoms with E-state index in [9.17, 15) is 24.0 Å². The van der Waals surface area contributed by atoms with Gasteiger partial charge in [0.05, 0.1) is 24.4 Å². The number of fused-ring (bicyclic) bond motifs is 1. The number of unbranched alkanes of at least 4 members (excludes halogenated alkanes) is 1. The summed E-state index contributed by atoms with van der Waals surface area (Å²) in [5.41, 5.74) is 0.916. The number of hydrogen-bond donors (Lipinski definition) is 4. The van der Waals surface area contributed by atoms with Crippen molar-refractivity contribution in [2.75, 3.05) is 30.8 Å². The van der Waals surface area contributed by atoms with Gasteiger partial charge in [0, 0.05) is 25.2 Å². The number of amides is 6. The molecule has 4 N–H and O–H groups in total. The lowest BCUT2D eigenvalue weighted by molar-refractivity contribution is -0.136. The molecule has 1 aromatic carbocycles. The van der Waals surface area contributed by atoms with Crippen LogP contribution in [0.3, 0.4) is 0 Å². The summed E-state index contributed by atoms with van der Waals surface area (Å²) in [6, 6.07) is 3.45. The number of carbonyl (C=O) groups is 5. The van der Waals surface area contributed by atoms with E-state index in [-0.39, 0.29) is 29.8 Å². The minimum absolute atomic E-state index is 0.0631. The van der Waals surface area contributed by atoms with Gasteiger partial charge in [0.1, 0.15) is 12.4 Å². The van der Waals surface area contributed by atoms with Gasteiger partial charge in [-0.15, -0.1) is 0 Å². The number of ether oxygens (including phenoxy) is 1. The van der Waals surface area contributed by atoms with Crippen LogP contribution >= 0.6 is 0 Å². The summed E-state index contributed by atoms with van der Waals surface area (Å²) >= 11 is 0. The van der Waals surface area contributed by atoms with Gasteiger partial charge in [0.15, 0.2) is 11.6 Å². The van der Waals surface area contributed by atoms with Gasteiger partial charge in [0.2, 0.25) is 11.8 Å². The van der Waals surface area contributed by atoms with Gasteiger partial charge in [-0.25, -0.2) is 14.8 Å². The monoisotopic (exact) mass is 495 g/mol. The molecule has 1 aromatic heterocycles. The minimum atomic E-state index is -1.01. The summed E-state index contributed by atoms with van der Waals surface area (Å²) in [5, 5.41) is 10.7. The highest BCUT2D eigenvalue weighted by atomic mass is 16.5. The summed E-state index contributed by atoms with van der Waals surface area (Å²) in [7, 11) is 1.45. The van der Waals surface area contributed by atoms with Crippen LogP contribution in [0.5, 0.6) is 5.75 Å². The molecule has 2 aliphatic heterocycles. The molecule has 0 radical (unpaired) electrons. The average Bonchev–Trinajstić information content (AvgIpc) is 3.12. The van der Waals surface area contributed by atoms with Gasteiger partial charge in [-0.3, -0.25) is 34.7 Å². The summed E-state index contributed by atoms with van der Waals surface area (Å²) in [6.07, 6.45) is 4.21. The van der Waals surface area contributed by atoms with Gasteiger partial charge >= 0.3 is 6.03 Å². The molecule has 36 heavy (non-hydrogen) atoms. The van der Waals surface area contributed by atoms with Gasteiger partial charge in [-0.05, 0) is 31.4 Å². The highest BCUT2D eigenvalue weighted by Crippen LogP contribution is 2.32. The number of nitrogens with one attached hydrogen (secondary N) is 4. The minimum Gasteiger partial charge on any atom is -0.491 e. The number of imide groups is 2. The number of carbonyl (C=O) groups excluding carboxylic acids is 5. The predicted octanol–water partition coefficient (Wildman–Crippen LogP) is 0.900. The third-order valence-electron chi connectivity index (χ3n) is 5.80. The van der Waals surface area contributed by atoms with E-state index in [4.69, 9.17) is 4.74 Å². The lowest BCUT2D eigenvalue weighted by Crippen LogP contribution is -2.54. The molecule has 13 nitrogen and oxygen atoms in total. The Labute approximate surface area is 206 Å². The Balaban J connectivity index is 1.27. The molecule has 6 amide bonds. The smallest absolute Gasteiger partial charge is 0.320 e. The van der Waals surface area contributed by atoms with Crippen LogP contribution in [0.25, 0.3) is 0 Å². The van der Waals surface area contributed by atoms with E-state index in [1.165, 1.54) is 19.6 Å². The molecule has 1 saturated heterocycles. The van der Waals surface area contributed by atoms with Gasteiger partial charge < -0.3 is 15.4 Å². The molecule has 0 bridgehead atoms. The molecule has 3 heterocycles. The number of piperidine rings is 1. The quantitative estimate of drug-likeness (QED) is 0.291. The van der Waals surface area contributed by atoms with Crippen LogP contribution in [-0.2, 0) is 9.59 Å². The Kier molecular flexibility index (Phi) is 7.37. The van der Waals surface area contributed by atoms with E-state index in [0.29, 0.717) is 37.4 Å². The first-order valence-electron chi connectivity index (χ1n) is 11.4. The first kappa shape index (κ1) is 24.6. The first-order valence-corrected chi connectivity index (χ1v) is 11.4. The molecule has 4 rings (SSSR count). The number of nitrogens with zero attached hydrogens (tertiary/aromatic N) is 3. The fourth-order valence-corrected chi connectivity index (χ4v) is 4.05. The number of aromatic nitrogens is 2. The van der Waals surface area contributed by atoms with Crippen LogP contribution in [0, 0.1) is 0 Å². The Morgan fingerprint density at radius 2 is 1.97 bits per heavy atom. The highest BCUT2D eigenvalue weighted by Gasteiger charge is 2.45. The Morgan fingerprint density at radius 1 is 1.17 bits per heavy atom. The molecule has 1 unspecified atom stereocenters. The Bertz CT molecular complexity index is 1220. The van der Waals surface area contributed by atoms with E-state index >= 15 is 0 Å².